The summed E-state index contributed by atoms with van der Waals surface area (Å²) in [5.74, 6) is 1.12. The van der Waals surface area contributed by atoms with Crippen LogP contribution in [0.4, 0.5) is 10.6 Å². The van der Waals surface area contributed by atoms with Gasteiger partial charge in [0.1, 0.15) is 29.7 Å². The van der Waals surface area contributed by atoms with Crippen molar-refractivity contribution in [2.75, 3.05) is 19.0 Å². The summed E-state index contributed by atoms with van der Waals surface area (Å²) in [6, 6.07) is 14.6. The number of rotatable bonds is 12. The van der Waals surface area contributed by atoms with Crippen molar-refractivity contribution in [1.82, 2.24) is 15.1 Å². The number of alkyl carbamates (subject to hydrolysis) is 1. The van der Waals surface area contributed by atoms with Crippen LogP contribution < -0.4 is 24.8 Å². The highest BCUT2D eigenvalue weighted by Crippen LogP contribution is 2.38. The summed E-state index contributed by atoms with van der Waals surface area (Å²) in [7, 11) is 1.50. The Balaban J connectivity index is 1.42. The minimum Gasteiger partial charge on any atom is -0.496 e. The van der Waals surface area contributed by atoms with Crippen molar-refractivity contribution in [1.29, 1.82) is 0 Å². The number of benzene rings is 2. The summed E-state index contributed by atoms with van der Waals surface area (Å²) in [6.07, 6.45) is 1.48. The van der Waals surface area contributed by atoms with Crippen LogP contribution >= 0.6 is 0 Å². The smallest absolute Gasteiger partial charge is 0.407 e. The molecule has 1 saturated carbocycles. The predicted octanol–water partition coefficient (Wildman–Crippen LogP) is 5.44. The van der Waals surface area contributed by atoms with Crippen molar-refractivity contribution in [3.63, 3.8) is 0 Å². The monoisotopic (exact) mass is 592 g/mol. The number of ether oxygens (including phenoxy) is 4. The summed E-state index contributed by atoms with van der Waals surface area (Å²) in [5.41, 5.74) is 1.53. The molecule has 2 amide bonds. The van der Waals surface area contributed by atoms with Crippen LogP contribution in [0.15, 0.2) is 48.5 Å². The van der Waals surface area contributed by atoms with E-state index in [1.807, 2.05) is 57.2 Å². The lowest BCUT2D eigenvalue weighted by Crippen LogP contribution is -2.44. The van der Waals surface area contributed by atoms with E-state index in [4.69, 9.17) is 24.0 Å². The Morgan fingerprint density at radius 3 is 2.35 bits per heavy atom. The van der Waals surface area contributed by atoms with Gasteiger partial charge in [-0.25, -0.2) is 9.48 Å². The lowest BCUT2D eigenvalue weighted by molar-refractivity contribution is -0.118. The number of hydrogen-bond donors (Lipinski definition) is 2. The Morgan fingerprint density at radius 1 is 1.07 bits per heavy atom. The number of nitrogens with one attached hydrogen (secondary N) is 2. The zero-order chi connectivity index (χ0) is 31.1. The van der Waals surface area contributed by atoms with Gasteiger partial charge in [0.2, 0.25) is 0 Å². The molecule has 230 valence electrons. The number of aldehydes is 1. The molecule has 2 aromatic carbocycles. The fourth-order valence-electron chi connectivity index (χ4n) is 4.70. The van der Waals surface area contributed by atoms with Crippen LogP contribution in [0, 0.1) is 0 Å². The maximum absolute atomic E-state index is 13.0. The molecular weight excluding hydrogens is 552 g/mol. The normalized spacial score (nSPS) is 16.2. The average Bonchev–Trinajstić information content (AvgIpc) is 3.35. The van der Waals surface area contributed by atoms with E-state index in [0.717, 1.165) is 24.1 Å². The lowest BCUT2D eigenvalue weighted by Gasteiger charge is -2.34. The zero-order valence-corrected chi connectivity index (χ0v) is 25.5. The van der Waals surface area contributed by atoms with Gasteiger partial charge in [-0.05, 0) is 53.0 Å². The molecule has 2 N–H and O–H groups in total. The van der Waals surface area contributed by atoms with Gasteiger partial charge in [-0.1, -0.05) is 30.3 Å². The molecule has 1 heterocycles. The molecule has 1 aliphatic carbocycles. The van der Waals surface area contributed by atoms with Crippen molar-refractivity contribution in [3.05, 3.63) is 65.4 Å². The summed E-state index contributed by atoms with van der Waals surface area (Å²) in [5, 5.41) is 10.6. The third-order valence-corrected chi connectivity index (χ3v) is 6.88. The van der Waals surface area contributed by atoms with Crippen molar-refractivity contribution >= 4 is 24.1 Å². The highest BCUT2D eigenvalue weighted by molar-refractivity contribution is 5.91. The second-order valence-corrected chi connectivity index (χ2v) is 11.8. The molecule has 0 saturated heterocycles. The summed E-state index contributed by atoms with van der Waals surface area (Å²) in [4.78, 5) is 37.0. The first kappa shape index (κ1) is 31.4. The summed E-state index contributed by atoms with van der Waals surface area (Å²) < 4.78 is 24.0. The molecule has 3 aromatic rings. The highest BCUT2D eigenvalue weighted by atomic mass is 16.6. The molecule has 1 aromatic heterocycles. The van der Waals surface area contributed by atoms with Crippen LogP contribution in [0.1, 0.15) is 75.0 Å². The Kier molecular flexibility index (Phi) is 9.95. The van der Waals surface area contributed by atoms with Gasteiger partial charge in [-0.2, -0.15) is 5.10 Å². The molecule has 11 heteroatoms. The number of carbonyl (C=O) groups excluding carboxylic acids is 3. The first-order chi connectivity index (χ1) is 20.5. The maximum Gasteiger partial charge on any atom is 0.407 e. The van der Waals surface area contributed by atoms with Gasteiger partial charge in [-0.15, -0.1) is 0 Å². The SMILES string of the molecule is COc1cc(OCC(=O)Nc2cc(C3CC(NC(=O)OC(C)C)C3)nn2C(C)(C)C)c(C=O)c(OCc2ccccc2)c1. The number of hydrogen-bond acceptors (Lipinski definition) is 8. The third kappa shape index (κ3) is 8.27. The van der Waals surface area contributed by atoms with E-state index in [1.54, 1.807) is 30.7 Å². The highest BCUT2D eigenvalue weighted by Gasteiger charge is 2.35. The molecule has 11 nitrogen and oxygen atoms in total. The van der Waals surface area contributed by atoms with E-state index in [2.05, 4.69) is 10.6 Å². The van der Waals surface area contributed by atoms with Gasteiger partial charge >= 0.3 is 6.09 Å². The fraction of sp³-hybridized carbons (Fsp3) is 0.438. The van der Waals surface area contributed by atoms with Crippen LogP contribution in [0.2, 0.25) is 0 Å². The quantitative estimate of drug-likeness (QED) is 0.266. The second kappa shape index (κ2) is 13.6. The molecule has 1 fully saturated rings. The Morgan fingerprint density at radius 2 is 1.74 bits per heavy atom. The molecule has 0 bridgehead atoms. The van der Waals surface area contributed by atoms with Crippen LogP contribution in [-0.2, 0) is 21.7 Å². The topological polar surface area (TPSA) is 130 Å². The summed E-state index contributed by atoms with van der Waals surface area (Å²) in [6.45, 7) is 9.48. The zero-order valence-electron chi connectivity index (χ0n) is 25.5. The Bertz CT molecular complexity index is 1420. The van der Waals surface area contributed by atoms with Crippen LogP contribution in [0.5, 0.6) is 17.2 Å². The van der Waals surface area contributed by atoms with Gasteiger partial charge in [0.05, 0.1) is 30.0 Å². The number of methoxy groups -OCH3 is 1. The van der Waals surface area contributed by atoms with Gasteiger partial charge in [0.15, 0.2) is 12.9 Å². The molecule has 1 aliphatic rings. The van der Waals surface area contributed by atoms with Crippen molar-refractivity contribution < 1.29 is 33.3 Å². The van der Waals surface area contributed by atoms with Crippen LogP contribution in [-0.4, -0.2) is 53.9 Å². The standard InChI is InChI=1S/C32H40N4O7/c1-20(2)43-31(39)33-23-12-22(13-23)26-16-29(36(35-26)32(3,4)5)34-30(38)19-42-28-15-24(40-6)14-27(25(28)17-37)41-18-21-10-8-7-9-11-21/h7-11,14-17,20,22-23H,12-13,18-19H2,1-6H3,(H,33,39)(H,34,38). The van der Waals surface area contributed by atoms with E-state index in [-0.39, 0.29) is 48.3 Å². The number of carbonyl (C=O) groups is 3. The molecule has 4 rings (SSSR count). The number of anilines is 1. The second-order valence-electron chi connectivity index (χ2n) is 11.8. The first-order valence-corrected chi connectivity index (χ1v) is 14.3. The number of amides is 2. The van der Waals surface area contributed by atoms with E-state index < -0.39 is 17.5 Å². The number of aromatic nitrogens is 2. The van der Waals surface area contributed by atoms with Gasteiger partial charge in [0, 0.05) is 30.2 Å². The fourth-order valence-corrected chi connectivity index (χ4v) is 4.70. The van der Waals surface area contributed by atoms with E-state index in [1.165, 1.54) is 7.11 Å². The van der Waals surface area contributed by atoms with Gasteiger partial charge < -0.3 is 29.6 Å². The molecule has 43 heavy (non-hydrogen) atoms. The molecule has 0 atom stereocenters. The first-order valence-electron chi connectivity index (χ1n) is 14.3. The Hall–Kier alpha value is -4.54. The van der Waals surface area contributed by atoms with E-state index in [9.17, 15) is 14.4 Å². The van der Waals surface area contributed by atoms with Crippen molar-refractivity contribution in [2.45, 2.75) is 77.7 Å². The molecule has 0 spiro atoms. The molecule has 0 unspecified atom stereocenters. The van der Waals surface area contributed by atoms with Crippen LogP contribution in [0.3, 0.4) is 0 Å². The maximum atomic E-state index is 13.0. The average molecular weight is 593 g/mol. The molecule has 0 aliphatic heterocycles. The minimum absolute atomic E-state index is 0.0129. The predicted molar refractivity (Wildman–Crippen MR) is 161 cm³/mol. The molecular formula is C32H40N4O7. The van der Waals surface area contributed by atoms with E-state index in [0.29, 0.717) is 17.9 Å². The van der Waals surface area contributed by atoms with Gasteiger partial charge in [-0.3, -0.25) is 9.59 Å². The number of nitrogens with zero attached hydrogens (tertiary/aromatic N) is 2. The van der Waals surface area contributed by atoms with Crippen molar-refractivity contribution in [3.8, 4) is 17.2 Å². The van der Waals surface area contributed by atoms with Gasteiger partial charge in [0.25, 0.3) is 5.91 Å². The van der Waals surface area contributed by atoms with E-state index >= 15 is 0 Å². The van der Waals surface area contributed by atoms with Crippen LogP contribution in [0.25, 0.3) is 0 Å². The Labute approximate surface area is 251 Å². The molecule has 0 radical (unpaired) electrons. The summed E-state index contributed by atoms with van der Waals surface area (Å²) >= 11 is 0. The lowest BCUT2D eigenvalue weighted by atomic mass is 9.78. The largest absolute Gasteiger partial charge is 0.496 e. The minimum atomic E-state index is -0.423. The third-order valence-electron chi connectivity index (χ3n) is 6.88. The van der Waals surface area contributed by atoms with Crippen molar-refractivity contribution in [2.24, 2.45) is 0 Å².